The van der Waals surface area contributed by atoms with Crippen LogP contribution in [0.4, 0.5) is 0 Å². The number of nitrogens with one attached hydrogen (secondary N) is 1. The lowest BCUT2D eigenvalue weighted by molar-refractivity contribution is -0.140. The van der Waals surface area contributed by atoms with Crippen LogP contribution in [0.25, 0.3) is 0 Å². The summed E-state index contributed by atoms with van der Waals surface area (Å²) in [4.78, 5) is 22.9. The van der Waals surface area contributed by atoms with Crippen molar-refractivity contribution in [1.29, 1.82) is 0 Å². The maximum Gasteiger partial charge on any atom is 0.320 e. The predicted molar refractivity (Wildman–Crippen MR) is 83.5 cm³/mol. The van der Waals surface area contributed by atoms with Gasteiger partial charge in [0.1, 0.15) is 11.8 Å². The summed E-state index contributed by atoms with van der Waals surface area (Å²) >= 11 is 0. The average molecular weight is 316 g/mol. The van der Waals surface area contributed by atoms with Crippen LogP contribution in [0.1, 0.15) is 30.6 Å². The number of aliphatic carboxylic acids is 1. The van der Waals surface area contributed by atoms with Gasteiger partial charge >= 0.3 is 5.97 Å². The van der Waals surface area contributed by atoms with Gasteiger partial charge in [-0.2, -0.15) is 0 Å². The molecular weight excluding hydrogens is 294 g/mol. The Morgan fingerprint density at radius 1 is 1.24 bits per heavy atom. The highest BCUT2D eigenvalue weighted by molar-refractivity contribution is 5.96. The van der Waals surface area contributed by atoms with Gasteiger partial charge in [0.15, 0.2) is 5.78 Å². The molecule has 1 rings (SSSR count). The number of ether oxygens (including phenoxy) is 1. The smallest absolute Gasteiger partial charge is 0.320 e. The SMILES string of the molecule is COc1ccc(C(=O)CCN[C@H](C(=O)O)C(C)C)cc1.Cl. The lowest BCUT2D eigenvalue weighted by Crippen LogP contribution is -2.41. The van der Waals surface area contributed by atoms with Gasteiger partial charge < -0.3 is 15.2 Å². The topological polar surface area (TPSA) is 75.6 Å². The number of methoxy groups -OCH3 is 1. The summed E-state index contributed by atoms with van der Waals surface area (Å²) in [6.45, 7) is 4.01. The van der Waals surface area contributed by atoms with Crippen molar-refractivity contribution in [2.24, 2.45) is 5.92 Å². The molecule has 0 saturated heterocycles. The molecule has 1 atom stereocenters. The molecule has 1 aromatic rings. The van der Waals surface area contributed by atoms with Crippen molar-refractivity contribution in [1.82, 2.24) is 5.32 Å². The molecule has 0 bridgehead atoms. The third-order valence-electron chi connectivity index (χ3n) is 3.06. The molecule has 0 aliphatic carbocycles. The second kappa shape index (κ2) is 9.37. The minimum absolute atomic E-state index is 0. The van der Waals surface area contributed by atoms with E-state index in [4.69, 9.17) is 9.84 Å². The first-order chi connectivity index (χ1) is 9.45. The van der Waals surface area contributed by atoms with Crippen LogP contribution in [-0.2, 0) is 4.79 Å². The molecule has 21 heavy (non-hydrogen) atoms. The Morgan fingerprint density at radius 3 is 2.24 bits per heavy atom. The van der Waals surface area contributed by atoms with E-state index in [1.165, 1.54) is 0 Å². The van der Waals surface area contributed by atoms with Gasteiger partial charge in [-0.1, -0.05) is 13.8 Å². The van der Waals surface area contributed by atoms with Crippen molar-refractivity contribution in [2.45, 2.75) is 26.3 Å². The summed E-state index contributed by atoms with van der Waals surface area (Å²) in [5.41, 5.74) is 0.601. The van der Waals surface area contributed by atoms with Crippen molar-refractivity contribution in [3.63, 3.8) is 0 Å². The van der Waals surface area contributed by atoms with Crippen LogP contribution in [-0.4, -0.2) is 36.6 Å². The Bertz CT molecular complexity index is 459. The Morgan fingerprint density at radius 2 is 1.81 bits per heavy atom. The molecular formula is C15H22ClNO4. The van der Waals surface area contributed by atoms with E-state index in [2.05, 4.69) is 5.32 Å². The maximum atomic E-state index is 11.9. The zero-order valence-corrected chi connectivity index (χ0v) is 13.3. The van der Waals surface area contributed by atoms with E-state index in [1.54, 1.807) is 31.4 Å². The van der Waals surface area contributed by atoms with Crippen LogP contribution < -0.4 is 10.1 Å². The molecule has 0 saturated carbocycles. The summed E-state index contributed by atoms with van der Waals surface area (Å²) in [5.74, 6) is -0.237. The van der Waals surface area contributed by atoms with Crippen LogP contribution in [0, 0.1) is 5.92 Å². The first kappa shape index (κ1) is 19.4. The van der Waals surface area contributed by atoms with Gasteiger partial charge in [0.25, 0.3) is 0 Å². The van der Waals surface area contributed by atoms with E-state index in [0.29, 0.717) is 17.9 Å². The summed E-state index contributed by atoms with van der Waals surface area (Å²) in [5, 5.41) is 11.9. The Kier molecular flexibility index (Phi) is 8.66. The summed E-state index contributed by atoms with van der Waals surface area (Å²) in [6, 6.07) is 6.25. The van der Waals surface area contributed by atoms with Crippen molar-refractivity contribution < 1.29 is 19.4 Å². The molecule has 1 aromatic carbocycles. The average Bonchev–Trinajstić information content (AvgIpc) is 2.42. The number of carboxylic acid groups (broad SMARTS) is 1. The van der Waals surface area contributed by atoms with Gasteiger partial charge in [-0.3, -0.25) is 9.59 Å². The van der Waals surface area contributed by atoms with Crippen LogP contribution in [0.15, 0.2) is 24.3 Å². The Labute approximate surface area is 131 Å². The van der Waals surface area contributed by atoms with E-state index in [0.717, 1.165) is 0 Å². The first-order valence-corrected chi connectivity index (χ1v) is 6.59. The molecule has 0 amide bonds. The summed E-state index contributed by atoms with van der Waals surface area (Å²) < 4.78 is 5.03. The zero-order chi connectivity index (χ0) is 15.1. The van der Waals surface area contributed by atoms with Gasteiger partial charge in [-0.25, -0.2) is 0 Å². The summed E-state index contributed by atoms with van der Waals surface area (Å²) in [7, 11) is 1.57. The highest BCUT2D eigenvalue weighted by Gasteiger charge is 2.20. The van der Waals surface area contributed by atoms with Crippen LogP contribution in [0.2, 0.25) is 0 Å². The van der Waals surface area contributed by atoms with Crippen LogP contribution in [0.5, 0.6) is 5.75 Å². The summed E-state index contributed by atoms with van der Waals surface area (Å²) in [6.07, 6.45) is 0.267. The minimum Gasteiger partial charge on any atom is -0.497 e. The lowest BCUT2D eigenvalue weighted by Gasteiger charge is -2.17. The number of carbonyl (C=O) groups is 2. The number of halogens is 1. The number of Topliss-reactive ketones (excluding diaryl/α,β-unsaturated/α-hetero) is 1. The fourth-order valence-corrected chi connectivity index (χ4v) is 1.87. The molecule has 0 aliphatic heterocycles. The molecule has 0 heterocycles. The zero-order valence-electron chi connectivity index (χ0n) is 12.5. The van der Waals surface area contributed by atoms with Crippen LogP contribution in [0.3, 0.4) is 0 Å². The number of rotatable bonds is 8. The van der Waals surface area contributed by atoms with Crippen LogP contribution >= 0.6 is 12.4 Å². The molecule has 0 aliphatic rings. The molecule has 0 unspecified atom stereocenters. The second-order valence-electron chi connectivity index (χ2n) is 4.92. The van der Waals surface area contributed by atoms with Gasteiger partial charge in [0.2, 0.25) is 0 Å². The fraction of sp³-hybridized carbons (Fsp3) is 0.467. The number of hydrogen-bond acceptors (Lipinski definition) is 4. The van der Waals surface area contributed by atoms with E-state index >= 15 is 0 Å². The van der Waals surface area contributed by atoms with Gasteiger partial charge in [-0.15, -0.1) is 12.4 Å². The highest BCUT2D eigenvalue weighted by Crippen LogP contribution is 2.12. The monoisotopic (exact) mass is 315 g/mol. The minimum atomic E-state index is -0.892. The van der Waals surface area contributed by atoms with Crippen molar-refractivity contribution in [3.05, 3.63) is 29.8 Å². The third-order valence-corrected chi connectivity index (χ3v) is 3.06. The number of carboxylic acids is 1. The number of carbonyl (C=O) groups excluding carboxylic acids is 1. The third kappa shape index (κ3) is 6.14. The molecule has 0 fully saturated rings. The second-order valence-corrected chi connectivity index (χ2v) is 4.92. The fourth-order valence-electron chi connectivity index (χ4n) is 1.87. The van der Waals surface area contributed by atoms with Gasteiger partial charge in [0.05, 0.1) is 7.11 Å². The van der Waals surface area contributed by atoms with Gasteiger partial charge in [0, 0.05) is 18.5 Å². The maximum absolute atomic E-state index is 11.9. The van der Waals surface area contributed by atoms with E-state index in [1.807, 2.05) is 13.8 Å². The normalized spacial score (nSPS) is 11.6. The molecule has 0 aromatic heterocycles. The number of ketones is 1. The molecule has 2 N–H and O–H groups in total. The lowest BCUT2D eigenvalue weighted by atomic mass is 10.0. The molecule has 6 heteroatoms. The molecule has 5 nitrogen and oxygen atoms in total. The van der Waals surface area contributed by atoms with E-state index in [-0.39, 0.29) is 30.5 Å². The van der Waals surface area contributed by atoms with E-state index < -0.39 is 12.0 Å². The van der Waals surface area contributed by atoms with E-state index in [9.17, 15) is 9.59 Å². The quantitative estimate of drug-likeness (QED) is 0.720. The Hall–Kier alpha value is -1.59. The first-order valence-electron chi connectivity index (χ1n) is 6.59. The Balaban J connectivity index is 0.00000400. The standard InChI is InChI=1S/C15H21NO4.ClH/c1-10(2)14(15(18)19)16-9-8-13(17)11-4-6-12(20-3)7-5-11;/h4-7,10,14,16H,8-9H2,1-3H3,(H,18,19);1H/t14-;/m0./s1. The number of benzene rings is 1. The largest absolute Gasteiger partial charge is 0.497 e. The molecule has 0 radical (unpaired) electrons. The van der Waals surface area contributed by atoms with Crippen molar-refractivity contribution in [2.75, 3.05) is 13.7 Å². The van der Waals surface area contributed by atoms with Gasteiger partial charge in [-0.05, 0) is 30.2 Å². The molecule has 0 spiro atoms. The molecule has 118 valence electrons. The predicted octanol–water partition coefficient (Wildman–Crippen LogP) is 2.39. The highest BCUT2D eigenvalue weighted by atomic mass is 35.5. The number of hydrogen-bond donors (Lipinski definition) is 2. The van der Waals surface area contributed by atoms with Crippen molar-refractivity contribution >= 4 is 24.2 Å². The van der Waals surface area contributed by atoms with Crippen molar-refractivity contribution in [3.8, 4) is 5.75 Å².